The summed E-state index contributed by atoms with van der Waals surface area (Å²) >= 11 is 1.39. The number of amides is 2. The quantitative estimate of drug-likeness (QED) is 0.0133. The Hall–Kier alpha value is -8.16. The smallest absolute Gasteiger partial charge is 0.298 e. The molecular weight excluding hydrogens is 1340 g/mol. The first kappa shape index (κ1) is 66.8. The number of thiazole rings is 1. The molecule has 42 heteroatoms. The summed E-state index contributed by atoms with van der Waals surface area (Å²) in [6.45, 7) is 4.65. The number of anilines is 2. The van der Waals surface area contributed by atoms with Gasteiger partial charge in [0, 0.05) is 41.1 Å². The molecule has 2 amide bonds. The molecule has 3 aromatic heterocycles. The third kappa shape index (κ3) is 15.3. The molecule has 0 saturated carbocycles. The normalized spacial score (nSPS) is 13.0. The van der Waals surface area contributed by atoms with Crippen LogP contribution in [0, 0.1) is 25.2 Å². The van der Waals surface area contributed by atoms with Crippen molar-refractivity contribution in [2.45, 2.75) is 65.0 Å². The molecule has 0 radical (unpaired) electrons. The fraction of sp³-hybridized carbons (Fsp3) is 0.213. The first-order valence-electron chi connectivity index (χ1n) is 24.4. The van der Waals surface area contributed by atoms with Crippen molar-refractivity contribution in [3.8, 4) is 17.7 Å². The van der Waals surface area contributed by atoms with Gasteiger partial charge in [0.2, 0.25) is 22.8 Å². The van der Waals surface area contributed by atoms with Crippen molar-refractivity contribution < 1.29 is 97.3 Å². The molecule has 34 nitrogen and oxygen atoms in total. The van der Waals surface area contributed by atoms with Crippen LogP contribution < -0.4 is 15.4 Å². The number of imidazole rings is 1. The lowest BCUT2D eigenvalue weighted by molar-refractivity contribution is -0.115. The van der Waals surface area contributed by atoms with Crippen LogP contribution in [-0.4, -0.2) is 133 Å². The second-order valence-electron chi connectivity index (χ2n) is 18.7. The molecule has 0 spiro atoms. The van der Waals surface area contributed by atoms with Gasteiger partial charge >= 0.3 is 0 Å². The highest BCUT2D eigenvalue weighted by atomic mass is 32.2. The molecule has 8 rings (SSSR count). The number of nitrogens with zero attached hydrogens (tertiary/aromatic N) is 10. The van der Waals surface area contributed by atoms with E-state index in [1.54, 1.807) is 0 Å². The number of hydrogen-bond acceptors (Lipinski definition) is 27. The second-order valence-corrected chi connectivity index (χ2v) is 29.5. The van der Waals surface area contributed by atoms with Crippen LogP contribution in [0.1, 0.15) is 43.4 Å². The van der Waals surface area contributed by atoms with Gasteiger partial charge in [-0.3, -0.25) is 41.3 Å². The van der Waals surface area contributed by atoms with E-state index in [0.29, 0.717) is 23.5 Å². The predicted octanol–water partition coefficient (Wildman–Crippen LogP) is 8.62. The molecule has 89 heavy (non-hydrogen) atoms. The van der Waals surface area contributed by atoms with Crippen molar-refractivity contribution in [2.75, 3.05) is 34.5 Å². The molecule has 0 aliphatic heterocycles. The fourth-order valence-electron chi connectivity index (χ4n) is 8.50. The number of carbonyl (C=O) groups excluding carboxylic acids is 2. The van der Waals surface area contributed by atoms with Crippen molar-refractivity contribution >= 4 is 178 Å². The summed E-state index contributed by atoms with van der Waals surface area (Å²) in [7, 11) is -29.9. The Morgan fingerprint density at radius 1 is 0.663 bits per heavy atom. The van der Waals surface area contributed by atoms with Crippen LogP contribution in [0.3, 0.4) is 0 Å². The lowest BCUT2D eigenvalue weighted by Gasteiger charge is -2.13. The molecule has 0 bridgehead atoms. The number of aromatic hydroxyl groups is 1. The van der Waals surface area contributed by atoms with Gasteiger partial charge in [0.25, 0.3) is 60.7 Å². The number of fused-ring (bicyclic) bond motifs is 6. The summed E-state index contributed by atoms with van der Waals surface area (Å²) in [5.74, 6) is -3.82. The van der Waals surface area contributed by atoms with E-state index in [9.17, 15) is 97.8 Å². The summed E-state index contributed by atoms with van der Waals surface area (Å²) in [6, 6.07) is 11.1. The van der Waals surface area contributed by atoms with Gasteiger partial charge in [-0.2, -0.15) is 60.9 Å². The molecule has 0 unspecified atom stereocenters. The van der Waals surface area contributed by atoms with E-state index < -0.39 is 143 Å². The zero-order valence-electron chi connectivity index (χ0n) is 45.4. The van der Waals surface area contributed by atoms with Crippen molar-refractivity contribution in [1.29, 1.82) is 5.26 Å². The molecule has 470 valence electrons. The summed E-state index contributed by atoms with van der Waals surface area (Å²) in [5, 5.41) is 50.9. The number of nitriles is 1. The number of thioether (sulfide) groups is 1. The first-order chi connectivity index (χ1) is 41.2. The van der Waals surface area contributed by atoms with Gasteiger partial charge in [0.15, 0.2) is 11.3 Å². The minimum Gasteiger partial charge on any atom is -0.493 e. The van der Waals surface area contributed by atoms with Gasteiger partial charge in [-0.15, -0.1) is 37.3 Å². The van der Waals surface area contributed by atoms with E-state index in [1.807, 2.05) is 6.07 Å². The Morgan fingerprint density at radius 3 is 1.89 bits per heavy atom. The van der Waals surface area contributed by atoms with Crippen molar-refractivity contribution in [1.82, 2.24) is 14.4 Å². The van der Waals surface area contributed by atoms with E-state index in [1.165, 1.54) is 44.2 Å². The van der Waals surface area contributed by atoms with Crippen LogP contribution in [0.5, 0.6) is 11.6 Å². The average Bonchev–Trinajstić information content (AvgIpc) is 1.72. The van der Waals surface area contributed by atoms with Gasteiger partial charge < -0.3 is 20.5 Å². The molecular formula is C47H42N12O22S8. The molecule has 0 saturated heterocycles. The monoisotopic (exact) mass is 1380 g/mol. The Kier molecular flexibility index (Phi) is 18.8. The van der Waals surface area contributed by atoms with Crippen molar-refractivity contribution in [3.05, 3.63) is 71.3 Å². The van der Waals surface area contributed by atoms with Crippen LogP contribution in [0.15, 0.2) is 110 Å². The highest BCUT2D eigenvalue weighted by Crippen LogP contribution is 2.46. The van der Waals surface area contributed by atoms with Gasteiger partial charge in [-0.25, -0.2) is 9.97 Å². The van der Waals surface area contributed by atoms with E-state index in [2.05, 4.69) is 51.3 Å². The number of pyridine rings is 1. The van der Waals surface area contributed by atoms with Gasteiger partial charge in [-0.05, 0) is 86.5 Å². The zero-order valence-corrected chi connectivity index (χ0v) is 52.0. The highest BCUT2D eigenvalue weighted by molar-refractivity contribution is 7.99. The molecule has 0 aliphatic carbocycles. The SMILES string of the molecule is CC(=O)Nc1cc(N=Nc2cc(OCCCS(=O)(=O)O)c(N=Nc3c(C)c(C#N)c4nc5c(S(=O)(=O)O)c(NC(C)=O)ccc5n4c3O)cc2C)c(SCCCS(=O)(=O)O)cc1N=Nc1nc2c(S(=O)(=O)O)cc3c(S(=O)(=O)O)cc(S(=O)(=O)O)cc3c2s1. The molecule has 0 fully saturated rings. The Bertz CT molecular complexity index is 5220. The third-order valence-electron chi connectivity index (χ3n) is 12.2. The minimum absolute atomic E-state index is 0.00584. The molecule has 8 aromatic rings. The van der Waals surface area contributed by atoms with Crippen LogP contribution in [-0.2, 0) is 70.3 Å². The maximum Gasteiger partial charge on any atom is 0.298 e. The predicted molar refractivity (Wildman–Crippen MR) is 317 cm³/mol. The number of aryl methyl sites for hydroxylation is 1. The topological polar surface area (TPSA) is 542 Å². The number of rotatable bonds is 22. The summed E-state index contributed by atoms with van der Waals surface area (Å²) in [5.41, 5.74) is -2.85. The maximum atomic E-state index is 12.7. The van der Waals surface area contributed by atoms with E-state index in [-0.39, 0.29) is 102 Å². The van der Waals surface area contributed by atoms with Crippen LogP contribution in [0.25, 0.3) is 37.7 Å². The van der Waals surface area contributed by atoms with Crippen molar-refractivity contribution in [3.63, 3.8) is 0 Å². The number of benzene rings is 5. The van der Waals surface area contributed by atoms with Crippen molar-refractivity contribution in [2.24, 2.45) is 30.7 Å². The lowest BCUT2D eigenvalue weighted by Crippen LogP contribution is -2.11. The molecule has 9 N–H and O–H groups in total. The van der Waals surface area contributed by atoms with Gasteiger partial charge in [0.05, 0.1) is 50.3 Å². The van der Waals surface area contributed by atoms with E-state index in [4.69, 9.17) is 4.74 Å². The molecule has 5 aromatic carbocycles. The Balaban J connectivity index is 1.25. The minimum atomic E-state index is -5.37. The highest BCUT2D eigenvalue weighted by Gasteiger charge is 2.30. The van der Waals surface area contributed by atoms with Gasteiger partial charge in [-0.1, -0.05) is 11.3 Å². The number of azo groups is 3. The zero-order chi connectivity index (χ0) is 65.7. The molecule has 3 heterocycles. The number of ether oxygens (including phenoxy) is 1. The molecule has 0 atom stereocenters. The second kappa shape index (κ2) is 25.0. The molecule has 0 aliphatic rings. The van der Waals surface area contributed by atoms with E-state index in [0.717, 1.165) is 42.1 Å². The van der Waals surface area contributed by atoms with Crippen LogP contribution in [0.4, 0.5) is 44.9 Å². The maximum absolute atomic E-state index is 12.7. The number of nitrogens with one attached hydrogen (secondary N) is 2. The van der Waals surface area contributed by atoms with E-state index >= 15 is 0 Å². The number of hydrogen-bond donors (Lipinski definition) is 9. The largest absolute Gasteiger partial charge is 0.493 e. The Labute approximate surface area is 511 Å². The summed E-state index contributed by atoms with van der Waals surface area (Å²) in [4.78, 5) is 29.0. The first-order valence-corrected chi connectivity index (χ1v) is 35.2. The summed E-state index contributed by atoms with van der Waals surface area (Å²) in [6.07, 6.45) is -0.431. The summed E-state index contributed by atoms with van der Waals surface area (Å²) < 4.78 is 212. The lowest BCUT2D eigenvalue weighted by atomic mass is 10.1. The third-order valence-corrected chi connectivity index (χ3v) is 19.5. The van der Waals surface area contributed by atoms with Crippen LogP contribution >= 0.6 is 23.1 Å². The standard InChI is InChI=1S/C47H42N12O22S8/c1-21-13-33(55-57-40-22(2)28(20-48)45-51-41-35(59(45)46(40)62)8-7-29(49-23(3)60)44(41)89(78,79)80)36(81-9-5-11-84(63,64)65)18-30(21)53-56-34-17-31(50-24(4)61)32(19-37(34)82-10-6-12-85(66,67)68)54-58-47-52-42-39(88(75,76)77)16-26-27(43(42)83-47)14-25(86(69,70)71)15-38(26)87(72,73)74/h7-8,13-19,62H,5-6,9-12H2,1-4H3,(H,49,60)(H,50,61)(H,63,64,65)(H,66,67,68)(H,69,70,71)(H,72,73,74)(H,75,76,77)(H,78,79,80). The average molecular weight is 1380 g/mol. The Morgan fingerprint density at radius 2 is 1.28 bits per heavy atom. The van der Waals surface area contributed by atoms with Gasteiger partial charge in [0.1, 0.15) is 60.2 Å². The number of carbonyl (C=O) groups is 2. The number of aromatic nitrogens is 3. The fourth-order valence-corrected chi connectivity index (χ4v) is 14.4. The van der Waals surface area contributed by atoms with Crippen LogP contribution in [0.2, 0.25) is 0 Å².